The molecule has 0 spiro atoms. The van der Waals surface area contributed by atoms with Crippen LogP contribution in [0, 0.1) is 6.92 Å². The Balaban J connectivity index is 3.31. The first-order chi connectivity index (χ1) is 5.52. The third kappa shape index (κ3) is 1.39. The van der Waals surface area contributed by atoms with Gasteiger partial charge >= 0.3 is 0 Å². The van der Waals surface area contributed by atoms with E-state index in [4.69, 9.17) is 5.73 Å². The van der Waals surface area contributed by atoms with Crippen LogP contribution < -0.4 is 16.2 Å². The van der Waals surface area contributed by atoms with E-state index < -0.39 is 0 Å². The molecule has 5 heteroatoms. The number of nitrogens with zero attached hydrogens (tertiary/aromatic N) is 2. The number of hydrogen-bond acceptors (Lipinski definition) is 4. The molecule has 0 saturated heterocycles. The number of nitrogens with two attached hydrogens (primary N) is 1. The molecular weight excluding hydrogens is 156 g/mol. The Morgan fingerprint density at radius 1 is 1.50 bits per heavy atom. The first-order valence-electron chi connectivity index (χ1n) is 3.56. The monoisotopic (exact) mass is 168 g/mol. The lowest BCUT2D eigenvalue weighted by Gasteiger charge is -2.11. The number of nitrogens with one attached hydrogen (secondary N) is 1. The molecule has 1 rings (SSSR count). The molecule has 0 saturated carbocycles. The van der Waals surface area contributed by atoms with Gasteiger partial charge in [0.1, 0.15) is 5.69 Å². The van der Waals surface area contributed by atoms with E-state index in [-0.39, 0.29) is 11.2 Å². The molecule has 0 fully saturated rings. The largest absolute Gasteiger partial charge is 0.393 e. The first-order valence-corrected chi connectivity index (χ1v) is 3.56. The standard InChI is InChI=1S/C7H12N4O/c1-4-5(8)6(12)10-7(9-4)11(2)3/h8H2,1-3H3,(H,9,10,12). The highest BCUT2D eigenvalue weighted by Crippen LogP contribution is 2.04. The summed E-state index contributed by atoms with van der Waals surface area (Å²) >= 11 is 0. The second kappa shape index (κ2) is 2.84. The van der Waals surface area contributed by atoms with Crippen molar-refractivity contribution in [1.82, 2.24) is 9.97 Å². The van der Waals surface area contributed by atoms with Crippen molar-refractivity contribution < 1.29 is 0 Å². The minimum atomic E-state index is -0.286. The van der Waals surface area contributed by atoms with Crippen LogP contribution in [0.1, 0.15) is 5.69 Å². The molecule has 66 valence electrons. The zero-order chi connectivity index (χ0) is 9.30. The van der Waals surface area contributed by atoms with Crippen molar-refractivity contribution >= 4 is 11.6 Å². The van der Waals surface area contributed by atoms with Crippen LogP contribution in [0.4, 0.5) is 11.6 Å². The van der Waals surface area contributed by atoms with Crippen molar-refractivity contribution in [1.29, 1.82) is 0 Å². The number of anilines is 2. The van der Waals surface area contributed by atoms with Crippen molar-refractivity contribution in [2.75, 3.05) is 24.7 Å². The summed E-state index contributed by atoms with van der Waals surface area (Å²) < 4.78 is 0. The molecule has 0 aromatic carbocycles. The average Bonchev–Trinajstić information content (AvgIpc) is 1.99. The minimum absolute atomic E-state index is 0.181. The van der Waals surface area contributed by atoms with Gasteiger partial charge in [0.05, 0.1) is 5.69 Å². The number of rotatable bonds is 1. The van der Waals surface area contributed by atoms with Crippen LogP contribution >= 0.6 is 0 Å². The Labute approximate surface area is 70.2 Å². The Morgan fingerprint density at radius 3 is 2.50 bits per heavy atom. The van der Waals surface area contributed by atoms with Crippen molar-refractivity contribution in [3.63, 3.8) is 0 Å². The Bertz CT molecular complexity index is 342. The molecule has 0 amide bonds. The fraction of sp³-hybridized carbons (Fsp3) is 0.429. The van der Waals surface area contributed by atoms with Gasteiger partial charge in [-0.05, 0) is 6.92 Å². The third-order valence-electron chi connectivity index (χ3n) is 1.56. The predicted molar refractivity (Wildman–Crippen MR) is 48.3 cm³/mol. The summed E-state index contributed by atoms with van der Waals surface area (Å²) in [6.45, 7) is 1.71. The van der Waals surface area contributed by atoms with Crippen LogP contribution in [0.25, 0.3) is 0 Å². The quantitative estimate of drug-likeness (QED) is 0.605. The van der Waals surface area contributed by atoms with Crippen LogP contribution in [0.5, 0.6) is 0 Å². The fourth-order valence-corrected chi connectivity index (χ4v) is 0.792. The van der Waals surface area contributed by atoms with Crippen molar-refractivity contribution in [3.05, 3.63) is 16.0 Å². The zero-order valence-corrected chi connectivity index (χ0v) is 7.38. The molecule has 1 aromatic rings. The summed E-state index contributed by atoms with van der Waals surface area (Å²) in [4.78, 5) is 19.5. The molecule has 0 aliphatic heterocycles. The van der Waals surface area contributed by atoms with E-state index in [2.05, 4.69) is 9.97 Å². The molecule has 1 aromatic heterocycles. The highest BCUT2D eigenvalue weighted by atomic mass is 16.1. The second-order valence-electron chi connectivity index (χ2n) is 2.78. The molecule has 5 nitrogen and oxygen atoms in total. The Morgan fingerprint density at radius 2 is 2.08 bits per heavy atom. The van der Waals surface area contributed by atoms with Crippen molar-refractivity contribution in [2.45, 2.75) is 6.92 Å². The molecular formula is C7H12N4O. The smallest absolute Gasteiger partial charge is 0.275 e. The van der Waals surface area contributed by atoms with Gasteiger partial charge in [0, 0.05) is 14.1 Å². The fourth-order valence-electron chi connectivity index (χ4n) is 0.792. The Kier molecular flexibility index (Phi) is 2.03. The number of nitrogen functional groups attached to an aromatic ring is 1. The summed E-state index contributed by atoms with van der Waals surface area (Å²) in [5.41, 5.74) is 5.88. The van der Waals surface area contributed by atoms with E-state index in [0.29, 0.717) is 11.6 Å². The molecule has 3 N–H and O–H groups in total. The first kappa shape index (κ1) is 8.58. The lowest BCUT2D eigenvalue weighted by Crippen LogP contribution is -2.21. The van der Waals surface area contributed by atoms with E-state index in [1.54, 1.807) is 25.9 Å². The zero-order valence-electron chi connectivity index (χ0n) is 7.38. The minimum Gasteiger partial charge on any atom is -0.393 e. The van der Waals surface area contributed by atoms with Crippen LogP contribution in [0.15, 0.2) is 4.79 Å². The molecule has 0 radical (unpaired) electrons. The van der Waals surface area contributed by atoms with Crippen LogP contribution in [0.2, 0.25) is 0 Å². The highest BCUT2D eigenvalue weighted by Gasteiger charge is 2.04. The number of hydrogen-bond donors (Lipinski definition) is 2. The van der Waals surface area contributed by atoms with Gasteiger partial charge in [-0.3, -0.25) is 9.78 Å². The van der Waals surface area contributed by atoms with Gasteiger partial charge in [0.15, 0.2) is 0 Å². The Hall–Kier alpha value is -1.52. The summed E-state index contributed by atoms with van der Waals surface area (Å²) in [7, 11) is 3.60. The SMILES string of the molecule is Cc1nc(N(C)C)[nH]c(=O)c1N. The van der Waals surface area contributed by atoms with E-state index in [0.717, 1.165) is 0 Å². The molecule has 1 heterocycles. The van der Waals surface area contributed by atoms with Crippen LogP contribution in [-0.2, 0) is 0 Å². The van der Waals surface area contributed by atoms with Gasteiger partial charge in [0.2, 0.25) is 5.95 Å². The van der Waals surface area contributed by atoms with Gasteiger partial charge in [0.25, 0.3) is 5.56 Å². The molecule has 0 unspecified atom stereocenters. The van der Waals surface area contributed by atoms with Gasteiger partial charge in [-0.15, -0.1) is 0 Å². The summed E-state index contributed by atoms with van der Waals surface area (Å²) in [6.07, 6.45) is 0. The summed E-state index contributed by atoms with van der Waals surface area (Å²) in [5.74, 6) is 0.520. The van der Waals surface area contributed by atoms with E-state index in [1.807, 2.05) is 0 Å². The summed E-state index contributed by atoms with van der Waals surface area (Å²) in [6, 6.07) is 0. The number of aromatic amines is 1. The summed E-state index contributed by atoms with van der Waals surface area (Å²) in [5, 5.41) is 0. The van der Waals surface area contributed by atoms with Crippen LogP contribution in [0.3, 0.4) is 0 Å². The topological polar surface area (TPSA) is 75.0 Å². The van der Waals surface area contributed by atoms with Crippen LogP contribution in [-0.4, -0.2) is 24.1 Å². The molecule has 0 aliphatic rings. The van der Waals surface area contributed by atoms with Crippen molar-refractivity contribution in [2.24, 2.45) is 0 Å². The molecule has 12 heavy (non-hydrogen) atoms. The van der Waals surface area contributed by atoms with Crippen molar-refractivity contribution in [3.8, 4) is 0 Å². The molecule has 0 atom stereocenters. The van der Waals surface area contributed by atoms with Gasteiger partial charge in [-0.2, -0.15) is 0 Å². The average molecular weight is 168 g/mol. The second-order valence-corrected chi connectivity index (χ2v) is 2.78. The number of H-pyrrole nitrogens is 1. The van der Waals surface area contributed by atoms with Gasteiger partial charge in [-0.25, -0.2) is 4.98 Å². The van der Waals surface area contributed by atoms with Gasteiger partial charge in [-0.1, -0.05) is 0 Å². The lowest BCUT2D eigenvalue weighted by molar-refractivity contribution is 0.963. The van der Waals surface area contributed by atoms with E-state index in [1.165, 1.54) is 0 Å². The maximum absolute atomic E-state index is 11.1. The lowest BCUT2D eigenvalue weighted by atomic mass is 10.4. The maximum atomic E-state index is 11.1. The third-order valence-corrected chi connectivity index (χ3v) is 1.56. The van der Waals surface area contributed by atoms with Gasteiger partial charge < -0.3 is 10.6 Å². The molecule has 0 aliphatic carbocycles. The normalized spacial score (nSPS) is 9.92. The number of aromatic nitrogens is 2. The molecule has 0 bridgehead atoms. The predicted octanol–water partition coefficient (Wildman–Crippen LogP) is -0.273. The number of aryl methyl sites for hydroxylation is 1. The maximum Gasteiger partial charge on any atom is 0.275 e. The van der Waals surface area contributed by atoms with E-state index >= 15 is 0 Å². The highest BCUT2D eigenvalue weighted by molar-refractivity contribution is 5.43. The van der Waals surface area contributed by atoms with E-state index in [9.17, 15) is 4.79 Å².